The van der Waals surface area contributed by atoms with Crippen molar-refractivity contribution in [2.75, 3.05) is 26.8 Å². The molecule has 0 atom stereocenters. The molecule has 0 spiro atoms. The smallest absolute Gasteiger partial charge is 0.260 e. The third kappa shape index (κ3) is 5.03. The first kappa shape index (κ1) is 19.7. The van der Waals surface area contributed by atoms with Gasteiger partial charge in [0.25, 0.3) is 11.8 Å². The van der Waals surface area contributed by atoms with Crippen molar-refractivity contribution >= 4 is 11.8 Å². The zero-order valence-electron chi connectivity index (χ0n) is 16.3. The highest BCUT2D eigenvalue weighted by molar-refractivity contribution is 5.94. The average Bonchev–Trinajstić information content (AvgIpc) is 2.73. The number of aryl methyl sites for hydroxylation is 1. The van der Waals surface area contributed by atoms with Crippen molar-refractivity contribution in [3.05, 3.63) is 59.7 Å². The Morgan fingerprint density at radius 1 is 1.07 bits per heavy atom. The highest BCUT2D eigenvalue weighted by Gasteiger charge is 2.24. The standard InChI is InChI=1S/C22H26N2O4/c1-16-8-9-19(20(14-16)27-2)28-15-21(25)24-12-10-18(11-13-24)23-22(26)17-6-4-3-5-7-17/h3-9,14,18H,10-13,15H2,1-2H3,(H,23,26). The summed E-state index contributed by atoms with van der Waals surface area (Å²) in [6.45, 7) is 3.15. The molecule has 0 radical (unpaired) electrons. The first-order valence-corrected chi connectivity index (χ1v) is 9.48. The minimum absolute atomic E-state index is 0.0273. The maximum Gasteiger partial charge on any atom is 0.260 e. The third-order valence-electron chi connectivity index (χ3n) is 4.89. The number of nitrogens with zero attached hydrogens (tertiary/aromatic N) is 1. The molecule has 1 heterocycles. The van der Waals surface area contributed by atoms with E-state index in [1.165, 1.54) is 0 Å². The van der Waals surface area contributed by atoms with Crippen LogP contribution in [0, 0.1) is 6.92 Å². The number of nitrogens with one attached hydrogen (secondary N) is 1. The maximum absolute atomic E-state index is 12.5. The molecule has 0 unspecified atom stereocenters. The van der Waals surface area contributed by atoms with Crippen LogP contribution >= 0.6 is 0 Å². The molecule has 28 heavy (non-hydrogen) atoms. The van der Waals surface area contributed by atoms with Gasteiger partial charge in [-0.3, -0.25) is 9.59 Å². The van der Waals surface area contributed by atoms with Gasteiger partial charge in [0.05, 0.1) is 7.11 Å². The Morgan fingerprint density at radius 3 is 2.46 bits per heavy atom. The van der Waals surface area contributed by atoms with Crippen molar-refractivity contribution in [2.24, 2.45) is 0 Å². The van der Waals surface area contributed by atoms with Gasteiger partial charge in [-0.15, -0.1) is 0 Å². The minimum Gasteiger partial charge on any atom is -0.493 e. The summed E-state index contributed by atoms with van der Waals surface area (Å²) in [5.41, 5.74) is 1.72. The zero-order chi connectivity index (χ0) is 19.9. The summed E-state index contributed by atoms with van der Waals surface area (Å²) in [7, 11) is 1.58. The Bertz CT molecular complexity index is 815. The van der Waals surface area contributed by atoms with Gasteiger partial charge >= 0.3 is 0 Å². The molecule has 2 aromatic rings. The van der Waals surface area contributed by atoms with E-state index in [0.29, 0.717) is 30.2 Å². The van der Waals surface area contributed by atoms with Crippen LogP contribution in [0.3, 0.4) is 0 Å². The van der Waals surface area contributed by atoms with Crippen LogP contribution in [0.25, 0.3) is 0 Å². The highest BCUT2D eigenvalue weighted by Crippen LogP contribution is 2.27. The molecule has 6 heteroatoms. The summed E-state index contributed by atoms with van der Waals surface area (Å²) in [5.74, 6) is 1.05. The average molecular weight is 382 g/mol. The van der Waals surface area contributed by atoms with E-state index in [4.69, 9.17) is 9.47 Å². The zero-order valence-corrected chi connectivity index (χ0v) is 16.3. The number of ether oxygens (including phenoxy) is 2. The van der Waals surface area contributed by atoms with Crippen LogP contribution in [0.4, 0.5) is 0 Å². The molecule has 6 nitrogen and oxygen atoms in total. The summed E-state index contributed by atoms with van der Waals surface area (Å²) in [4.78, 5) is 26.5. The van der Waals surface area contributed by atoms with Crippen LogP contribution in [0.1, 0.15) is 28.8 Å². The Kier molecular flexibility index (Phi) is 6.53. The predicted octanol–water partition coefficient (Wildman–Crippen LogP) is 2.80. The minimum atomic E-state index is -0.0693. The molecule has 1 aliphatic heterocycles. The molecule has 1 fully saturated rings. The van der Waals surface area contributed by atoms with Gasteiger partial charge in [0, 0.05) is 24.7 Å². The molecule has 0 saturated carbocycles. The lowest BCUT2D eigenvalue weighted by Gasteiger charge is -2.32. The molecular weight excluding hydrogens is 356 g/mol. The lowest BCUT2D eigenvalue weighted by Crippen LogP contribution is -2.47. The number of rotatable bonds is 6. The number of hydrogen-bond acceptors (Lipinski definition) is 4. The van der Waals surface area contributed by atoms with Crippen LogP contribution < -0.4 is 14.8 Å². The number of hydrogen-bond donors (Lipinski definition) is 1. The normalized spacial score (nSPS) is 14.4. The third-order valence-corrected chi connectivity index (χ3v) is 4.89. The number of amides is 2. The van der Waals surface area contributed by atoms with E-state index in [2.05, 4.69) is 5.32 Å². The summed E-state index contributed by atoms with van der Waals surface area (Å²) < 4.78 is 11.0. The van der Waals surface area contributed by atoms with Crippen LogP contribution in [-0.2, 0) is 4.79 Å². The Labute approximate surface area is 165 Å². The van der Waals surface area contributed by atoms with Gasteiger partial charge in [0.2, 0.25) is 0 Å². The van der Waals surface area contributed by atoms with E-state index >= 15 is 0 Å². The van der Waals surface area contributed by atoms with Crippen molar-refractivity contribution in [3.8, 4) is 11.5 Å². The van der Waals surface area contributed by atoms with Gasteiger partial charge in [-0.1, -0.05) is 24.3 Å². The van der Waals surface area contributed by atoms with Crippen LogP contribution in [0.2, 0.25) is 0 Å². The first-order valence-electron chi connectivity index (χ1n) is 9.48. The molecular formula is C22H26N2O4. The van der Waals surface area contributed by atoms with Gasteiger partial charge in [-0.2, -0.15) is 0 Å². The number of carbonyl (C=O) groups excluding carboxylic acids is 2. The predicted molar refractivity (Wildman–Crippen MR) is 107 cm³/mol. The van der Waals surface area contributed by atoms with E-state index in [1.54, 1.807) is 24.1 Å². The lowest BCUT2D eigenvalue weighted by molar-refractivity contribution is -0.134. The van der Waals surface area contributed by atoms with Gasteiger partial charge in [0.1, 0.15) is 0 Å². The molecule has 2 amide bonds. The van der Waals surface area contributed by atoms with Gasteiger partial charge in [-0.25, -0.2) is 0 Å². The Morgan fingerprint density at radius 2 is 1.79 bits per heavy atom. The van der Waals surface area contributed by atoms with Crippen molar-refractivity contribution in [3.63, 3.8) is 0 Å². The molecule has 0 bridgehead atoms. The fraction of sp³-hybridized carbons (Fsp3) is 0.364. The second-order valence-corrected chi connectivity index (χ2v) is 6.94. The molecule has 2 aromatic carbocycles. The van der Waals surface area contributed by atoms with E-state index in [0.717, 1.165) is 18.4 Å². The molecule has 0 aliphatic carbocycles. The highest BCUT2D eigenvalue weighted by atomic mass is 16.5. The Hall–Kier alpha value is -3.02. The monoisotopic (exact) mass is 382 g/mol. The second-order valence-electron chi connectivity index (χ2n) is 6.94. The van der Waals surface area contributed by atoms with Crippen molar-refractivity contribution < 1.29 is 19.1 Å². The van der Waals surface area contributed by atoms with Gasteiger partial charge in [0.15, 0.2) is 18.1 Å². The first-order chi connectivity index (χ1) is 13.6. The van der Waals surface area contributed by atoms with Gasteiger partial charge in [-0.05, 0) is 49.6 Å². The van der Waals surface area contributed by atoms with Crippen LogP contribution in [0.5, 0.6) is 11.5 Å². The molecule has 1 saturated heterocycles. The Balaban J connectivity index is 1.46. The summed E-state index contributed by atoms with van der Waals surface area (Å²) in [6, 6.07) is 14.9. The lowest BCUT2D eigenvalue weighted by atomic mass is 10.0. The topological polar surface area (TPSA) is 67.9 Å². The van der Waals surface area contributed by atoms with E-state index in [-0.39, 0.29) is 24.5 Å². The molecule has 148 valence electrons. The fourth-order valence-electron chi connectivity index (χ4n) is 3.26. The molecule has 1 aliphatic rings. The number of piperidine rings is 1. The quantitative estimate of drug-likeness (QED) is 0.834. The summed E-state index contributed by atoms with van der Waals surface area (Å²) in [6.07, 6.45) is 1.47. The SMILES string of the molecule is COc1cc(C)ccc1OCC(=O)N1CCC(NC(=O)c2ccccc2)CC1. The number of methoxy groups -OCH3 is 1. The number of benzene rings is 2. The van der Waals surface area contributed by atoms with Gasteiger partial charge < -0.3 is 19.7 Å². The van der Waals surface area contributed by atoms with E-state index in [1.807, 2.05) is 43.3 Å². The second kappa shape index (κ2) is 9.26. The summed E-state index contributed by atoms with van der Waals surface area (Å²) >= 11 is 0. The molecule has 0 aromatic heterocycles. The fourth-order valence-corrected chi connectivity index (χ4v) is 3.26. The maximum atomic E-state index is 12.5. The largest absolute Gasteiger partial charge is 0.493 e. The van der Waals surface area contributed by atoms with Crippen molar-refractivity contribution in [1.82, 2.24) is 10.2 Å². The van der Waals surface area contributed by atoms with E-state index < -0.39 is 0 Å². The molecule has 3 rings (SSSR count). The van der Waals surface area contributed by atoms with Crippen LogP contribution in [-0.4, -0.2) is 49.6 Å². The van der Waals surface area contributed by atoms with Crippen molar-refractivity contribution in [2.45, 2.75) is 25.8 Å². The number of likely N-dealkylation sites (tertiary alicyclic amines) is 1. The number of carbonyl (C=O) groups is 2. The summed E-state index contributed by atoms with van der Waals surface area (Å²) in [5, 5.41) is 3.05. The van der Waals surface area contributed by atoms with E-state index in [9.17, 15) is 9.59 Å². The van der Waals surface area contributed by atoms with Crippen LogP contribution in [0.15, 0.2) is 48.5 Å². The van der Waals surface area contributed by atoms with Crippen molar-refractivity contribution in [1.29, 1.82) is 0 Å². The molecule has 1 N–H and O–H groups in total.